The Labute approximate surface area is 100.0 Å². The molecule has 0 atom stereocenters. The average Bonchev–Trinajstić information content (AvgIpc) is 2.82. The van der Waals surface area contributed by atoms with E-state index in [1.54, 1.807) is 0 Å². The standard InChI is InChI=1S/C10H8F2N4O2/c1-18-10(17)9-14-4-16(15-9)8-3-6(12)5(11)2-7(8)13/h2-4H,13H2,1H3. The molecule has 0 spiro atoms. The Hall–Kier alpha value is -2.51. The number of nitrogen functional groups attached to an aromatic ring is 1. The van der Waals surface area contributed by atoms with Crippen LogP contribution in [-0.4, -0.2) is 27.8 Å². The Balaban J connectivity index is 2.46. The number of carbonyl (C=O) groups excluding carboxylic acids is 1. The van der Waals surface area contributed by atoms with Crippen LogP contribution in [0.25, 0.3) is 5.69 Å². The first-order valence-electron chi connectivity index (χ1n) is 4.78. The molecule has 18 heavy (non-hydrogen) atoms. The van der Waals surface area contributed by atoms with Crippen LogP contribution >= 0.6 is 0 Å². The smallest absolute Gasteiger partial charge is 0.377 e. The van der Waals surface area contributed by atoms with Gasteiger partial charge in [0.05, 0.1) is 18.5 Å². The maximum Gasteiger partial charge on any atom is 0.377 e. The van der Waals surface area contributed by atoms with Gasteiger partial charge in [-0.2, -0.15) is 0 Å². The molecule has 0 saturated heterocycles. The Morgan fingerprint density at radius 1 is 1.39 bits per heavy atom. The van der Waals surface area contributed by atoms with Crippen LogP contribution in [0.4, 0.5) is 14.5 Å². The molecule has 0 amide bonds. The highest BCUT2D eigenvalue weighted by Gasteiger charge is 2.15. The first-order chi connectivity index (χ1) is 8.52. The summed E-state index contributed by atoms with van der Waals surface area (Å²) in [4.78, 5) is 14.8. The Bertz CT molecular complexity index is 612. The second kappa shape index (κ2) is 4.40. The number of ether oxygens (including phenoxy) is 1. The van der Waals surface area contributed by atoms with Gasteiger partial charge in [0.1, 0.15) is 6.33 Å². The van der Waals surface area contributed by atoms with Crippen LogP contribution < -0.4 is 5.73 Å². The molecule has 1 aromatic heterocycles. The van der Waals surface area contributed by atoms with Gasteiger partial charge < -0.3 is 10.5 Å². The number of nitrogens with two attached hydrogens (primary N) is 1. The van der Waals surface area contributed by atoms with Crippen molar-refractivity contribution in [3.05, 3.63) is 35.9 Å². The third-order valence-corrected chi connectivity index (χ3v) is 2.18. The lowest BCUT2D eigenvalue weighted by Gasteiger charge is -2.05. The first kappa shape index (κ1) is 12.0. The topological polar surface area (TPSA) is 83.0 Å². The monoisotopic (exact) mass is 254 g/mol. The number of hydrogen-bond donors (Lipinski definition) is 1. The minimum absolute atomic E-state index is 0.0322. The van der Waals surface area contributed by atoms with Crippen molar-refractivity contribution in [1.29, 1.82) is 0 Å². The van der Waals surface area contributed by atoms with E-state index in [-0.39, 0.29) is 17.2 Å². The van der Waals surface area contributed by atoms with E-state index in [2.05, 4.69) is 14.8 Å². The minimum atomic E-state index is -1.07. The van der Waals surface area contributed by atoms with Gasteiger partial charge in [-0.1, -0.05) is 0 Å². The van der Waals surface area contributed by atoms with Crippen molar-refractivity contribution < 1.29 is 18.3 Å². The lowest BCUT2D eigenvalue weighted by Crippen LogP contribution is -2.07. The lowest BCUT2D eigenvalue weighted by atomic mass is 10.2. The lowest BCUT2D eigenvalue weighted by molar-refractivity contribution is 0.0587. The zero-order valence-corrected chi connectivity index (χ0v) is 9.22. The van der Waals surface area contributed by atoms with Crippen molar-refractivity contribution in [3.63, 3.8) is 0 Å². The largest absolute Gasteiger partial charge is 0.463 e. The molecule has 2 aromatic rings. The minimum Gasteiger partial charge on any atom is -0.463 e. The molecule has 0 fully saturated rings. The molecule has 0 aliphatic rings. The Kier molecular flexibility index (Phi) is 2.92. The Morgan fingerprint density at radius 3 is 2.72 bits per heavy atom. The predicted molar refractivity (Wildman–Crippen MR) is 57.0 cm³/mol. The molecule has 0 radical (unpaired) electrons. The molecule has 0 aliphatic heterocycles. The van der Waals surface area contributed by atoms with E-state index < -0.39 is 17.6 Å². The summed E-state index contributed by atoms with van der Waals surface area (Å²) in [6, 6.07) is 1.69. The highest BCUT2D eigenvalue weighted by Crippen LogP contribution is 2.20. The number of methoxy groups -OCH3 is 1. The number of halogens is 2. The number of esters is 1. The SMILES string of the molecule is COC(=O)c1ncn(-c2cc(F)c(F)cc2N)n1. The Morgan fingerprint density at radius 2 is 2.06 bits per heavy atom. The number of anilines is 1. The highest BCUT2D eigenvalue weighted by molar-refractivity contribution is 5.84. The highest BCUT2D eigenvalue weighted by atomic mass is 19.2. The van der Waals surface area contributed by atoms with Crippen LogP contribution in [0.3, 0.4) is 0 Å². The van der Waals surface area contributed by atoms with Gasteiger partial charge in [-0.3, -0.25) is 0 Å². The number of benzene rings is 1. The van der Waals surface area contributed by atoms with Crippen molar-refractivity contribution in [2.24, 2.45) is 0 Å². The quantitative estimate of drug-likeness (QED) is 0.636. The van der Waals surface area contributed by atoms with Crippen molar-refractivity contribution in [3.8, 4) is 5.69 Å². The number of rotatable bonds is 2. The zero-order valence-electron chi connectivity index (χ0n) is 9.22. The molecule has 8 heteroatoms. The first-order valence-corrected chi connectivity index (χ1v) is 4.78. The molecule has 0 bridgehead atoms. The summed E-state index contributed by atoms with van der Waals surface area (Å²) >= 11 is 0. The van der Waals surface area contributed by atoms with Gasteiger partial charge >= 0.3 is 5.97 Å². The van der Waals surface area contributed by atoms with E-state index in [0.29, 0.717) is 0 Å². The van der Waals surface area contributed by atoms with Gasteiger partial charge in [0.2, 0.25) is 0 Å². The van der Waals surface area contributed by atoms with Crippen molar-refractivity contribution in [1.82, 2.24) is 14.8 Å². The molecular formula is C10H8F2N4O2. The number of carbonyl (C=O) groups is 1. The van der Waals surface area contributed by atoms with Gasteiger partial charge in [0, 0.05) is 12.1 Å². The van der Waals surface area contributed by atoms with Crippen LogP contribution in [0.5, 0.6) is 0 Å². The molecule has 0 unspecified atom stereocenters. The second-order valence-electron chi connectivity index (χ2n) is 3.33. The van der Waals surface area contributed by atoms with E-state index in [1.165, 1.54) is 7.11 Å². The third-order valence-electron chi connectivity index (χ3n) is 2.18. The van der Waals surface area contributed by atoms with Gasteiger partial charge in [-0.05, 0) is 0 Å². The van der Waals surface area contributed by atoms with E-state index in [4.69, 9.17) is 5.73 Å². The molecule has 0 saturated carbocycles. The normalized spacial score (nSPS) is 10.4. The maximum absolute atomic E-state index is 13.1. The third kappa shape index (κ3) is 1.99. The molecule has 2 rings (SSSR count). The van der Waals surface area contributed by atoms with Crippen LogP contribution in [0, 0.1) is 11.6 Å². The fraction of sp³-hybridized carbons (Fsp3) is 0.100. The summed E-state index contributed by atoms with van der Waals surface area (Å²) < 4.78 is 31.5. The molecule has 1 heterocycles. The van der Waals surface area contributed by atoms with Crippen LogP contribution in [-0.2, 0) is 4.74 Å². The van der Waals surface area contributed by atoms with Crippen molar-refractivity contribution in [2.75, 3.05) is 12.8 Å². The molecule has 1 aromatic carbocycles. The summed E-state index contributed by atoms with van der Waals surface area (Å²) in [7, 11) is 1.18. The van der Waals surface area contributed by atoms with Crippen molar-refractivity contribution in [2.45, 2.75) is 0 Å². The fourth-order valence-electron chi connectivity index (χ4n) is 1.31. The number of hydrogen-bond acceptors (Lipinski definition) is 5. The average molecular weight is 254 g/mol. The molecule has 2 N–H and O–H groups in total. The van der Waals surface area contributed by atoms with E-state index >= 15 is 0 Å². The summed E-state index contributed by atoms with van der Waals surface area (Å²) in [5, 5.41) is 3.74. The summed E-state index contributed by atoms with van der Waals surface area (Å²) in [6.45, 7) is 0. The van der Waals surface area contributed by atoms with Gasteiger partial charge in [0.25, 0.3) is 5.82 Å². The van der Waals surface area contributed by atoms with Crippen molar-refractivity contribution >= 4 is 11.7 Å². The van der Waals surface area contributed by atoms with E-state index in [1.807, 2.05) is 0 Å². The molecule has 94 valence electrons. The molecule has 0 aliphatic carbocycles. The van der Waals surface area contributed by atoms with Gasteiger partial charge in [-0.25, -0.2) is 23.2 Å². The summed E-state index contributed by atoms with van der Waals surface area (Å²) in [5.74, 6) is -3.09. The summed E-state index contributed by atoms with van der Waals surface area (Å²) in [5.41, 5.74) is 5.58. The fourth-order valence-corrected chi connectivity index (χ4v) is 1.31. The second-order valence-corrected chi connectivity index (χ2v) is 3.33. The molecule has 6 nitrogen and oxygen atoms in total. The molecular weight excluding hydrogens is 246 g/mol. The summed E-state index contributed by atoms with van der Waals surface area (Å²) in [6.07, 6.45) is 1.15. The maximum atomic E-state index is 13.1. The predicted octanol–water partition coefficient (Wildman–Crippen LogP) is 0.914. The van der Waals surface area contributed by atoms with Crippen LogP contribution in [0.2, 0.25) is 0 Å². The van der Waals surface area contributed by atoms with Crippen LogP contribution in [0.15, 0.2) is 18.5 Å². The zero-order chi connectivity index (χ0) is 13.3. The van der Waals surface area contributed by atoms with Gasteiger partial charge in [-0.15, -0.1) is 5.10 Å². The van der Waals surface area contributed by atoms with Crippen LogP contribution in [0.1, 0.15) is 10.6 Å². The van der Waals surface area contributed by atoms with Gasteiger partial charge in [0.15, 0.2) is 11.6 Å². The van der Waals surface area contributed by atoms with E-state index in [9.17, 15) is 13.6 Å². The van der Waals surface area contributed by atoms with E-state index in [0.717, 1.165) is 23.1 Å². The number of nitrogens with zero attached hydrogens (tertiary/aromatic N) is 3. The number of aromatic nitrogens is 3.